The van der Waals surface area contributed by atoms with Crippen molar-refractivity contribution in [3.8, 4) is 0 Å². The van der Waals surface area contributed by atoms with E-state index in [9.17, 15) is 0 Å². The van der Waals surface area contributed by atoms with Gasteiger partial charge in [0, 0.05) is 12.6 Å². The van der Waals surface area contributed by atoms with Crippen molar-refractivity contribution in [2.75, 3.05) is 0 Å². The monoisotopic (exact) mass is 231 g/mol. The van der Waals surface area contributed by atoms with E-state index in [-0.39, 0.29) is 0 Å². The summed E-state index contributed by atoms with van der Waals surface area (Å²) in [5, 5.41) is 3.76. The smallest absolute Gasteiger partial charge is 0.0210 e. The van der Waals surface area contributed by atoms with Gasteiger partial charge in [0.15, 0.2) is 0 Å². The molecule has 0 radical (unpaired) electrons. The van der Waals surface area contributed by atoms with Gasteiger partial charge in [-0.15, -0.1) is 0 Å². The van der Waals surface area contributed by atoms with Gasteiger partial charge in [0.1, 0.15) is 0 Å². The van der Waals surface area contributed by atoms with Gasteiger partial charge in [0.05, 0.1) is 0 Å². The number of benzene rings is 1. The molecule has 1 heteroatoms. The molecule has 0 amide bonds. The molecule has 1 aromatic rings. The molecule has 3 unspecified atom stereocenters. The van der Waals surface area contributed by atoms with E-state index in [1.807, 2.05) is 0 Å². The predicted molar refractivity (Wildman–Crippen MR) is 74.0 cm³/mol. The Morgan fingerprint density at radius 2 is 1.94 bits per heavy atom. The molecule has 0 spiro atoms. The second-order valence-corrected chi connectivity index (χ2v) is 5.68. The van der Waals surface area contributed by atoms with Crippen LogP contribution in [-0.2, 0) is 6.54 Å². The SMILES string of the molecule is Cc1ccccc1CNC1CCCC(C)C1C. The fourth-order valence-electron chi connectivity index (χ4n) is 2.92. The maximum Gasteiger partial charge on any atom is 0.0210 e. The fraction of sp³-hybridized carbons (Fsp3) is 0.625. The van der Waals surface area contributed by atoms with Gasteiger partial charge in [-0.05, 0) is 36.3 Å². The Morgan fingerprint density at radius 1 is 1.18 bits per heavy atom. The predicted octanol–water partition coefficient (Wildman–Crippen LogP) is 3.91. The van der Waals surface area contributed by atoms with Gasteiger partial charge in [-0.1, -0.05) is 51.0 Å². The molecule has 94 valence electrons. The van der Waals surface area contributed by atoms with Crippen LogP contribution < -0.4 is 5.32 Å². The van der Waals surface area contributed by atoms with Crippen molar-refractivity contribution in [2.45, 2.75) is 52.6 Å². The van der Waals surface area contributed by atoms with Crippen molar-refractivity contribution in [1.29, 1.82) is 0 Å². The summed E-state index contributed by atoms with van der Waals surface area (Å²) in [7, 11) is 0. The maximum atomic E-state index is 3.76. The van der Waals surface area contributed by atoms with Crippen molar-refractivity contribution in [1.82, 2.24) is 5.32 Å². The molecule has 0 aromatic heterocycles. The van der Waals surface area contributed by atoms with Crippen LogP contribution in [0.5, 0.6) is 0 Å². The van der Waals surface area contributed by atoms with Crippen LogP contribution in [0.2, 0.25) is 0 Å². The topological polar surface area (TPSA) is 12.0 Å². The summed E-state index contributed by atoms with van der Waals surface area (Å²) in [6.07, 6.45) is 4.14. The van der Waals surface area contributed by atoms with Gasteiger partial charge in [-0.3, -0.25) is 0 Å². The molecule has 1 aliphatic carbocycles. The maximum absolute atomic E-state index is 3.76. The molecule has 3 atom stereocenters. The van der Waals surface area contributed by atoms with Crippen LogP contribution in [0.15, 0.2) is 24.3 Å². The highest BCUT2D eigenvalue weighted by Crippen LogP contribution is 2.29. The number of rotatable bonds is 3. The van der Waals surface area contributed by atoms with Crippen molar-refractivity contribution < 1.29 is 0 Å². The van der Waals surface area contributed by atoms with Gasteiger partial charge >= 0.3 is 0 Å². The molecule has 0 aliphatic heterocycles. The van der Waals surface area contributed by atoms with E-state index < -0.39 is 0 Å². The summed E-state index contributed by atoms with van der Waals surface area (Å²) in [6, 6.07) is 9.39. The molecule has 0 bridgehead atoms. The van der Waals surface area contributed by atoms with Gasteiger partial charge in [-0.25, -0.2) is 0 Å². The first-order valence-corrected chi connectivity index (χ1v) is 6.96. The van der Waals surface area contributed by atoms with Gasteiger partial charge in [-0.2, -0.15) is 0 Å². The van der Waals surface area contributed by atoms with Crippen LogP contribution in [0, 0.1) is 18.8 Å². The van der Waals surface area contributed by atoms with Gasteiger partial charge in [0.25, 0.3) is 0 Å². The van der Waals surface area contributed by atoms with E-state index >= 15 is 0 Å². The molecule has 1 nitrogen and oxygen atoms in total. The van der Waals surface area contributed by atoms with E-state index in [2.05, 4.69) is 50.4 Å². The minimum atomic E-state index is 0.707. The highest BCUT2D eigenvalue weighted by Gasteiger charge is 2.26. The lowest BCUT2D eigenvalue weighted by Gasteiger charge is -2.35. The summed E-state index contributed by atoms with van der Waals surface area (Å²) >= 11 is 0. The second kappa shape index (κ2) is 5.68. The Kier molecular flexibility index (Phi) is 4.22. The van der Waals surface area contributed by atoms with Crippen LogP contribution in [-0.4, -0.2) is 6.04 Å². The minimum Gasteiger partial charge on any atom is -0.310 e. The summed E-state index contributed by atoms with van der Waals surface area (Å²) in [5.74, 6) is 1.69. The molecule has 2 rings (SSSR count). The normalized spacial score (nSPS) is 29.2. The summed E-state index contributed by atoms with van der Waals surface area (Å²) in [6.45, 7) is 8.02. The van der Waals surface area contributed by atoms with Crippen molar-refractivity contribution in [2.24, 2.45) is 11.8 Å². The quantitative estimate of drug-likeness (QED) is 0.831. The largest absolute Gasteiger partial charge is 0.310 e. The Labute approximate surface area is 106 Å². The van der Waals surface area contributed by atoms with Gasteiger partial charge < -0.3 is 5.32 Å². The van der Waals surface area contributed by atoms with E-state index in [0.717, 1.165) is 18.4 Å². The summed E-state index contributed by atoms with van der Waals surface area (Å²) in [5.41, 5.74) is 2.84. The molecular formula is C16H25N. The first-order chi connectivity index (χ1) is 8.18. The molecule has 17 heavy (non-hydrogen) atoms. The van der Waals surface area contributed by atoms with Crippen molar-refractivity contribution in [3.63, 3.8) is 0 Å². The third-order valence-corrected chi connectivity index (χ3v) is 4.52. The molecular weight excluding hydrogens is 206 g/mol. The zero-order chi connectivity index (χ0) is 12.3. The van der Waals surface area contributed by atoms with Gasteiger partial charge in [0.2, 0.25) is 0 Å². The van der Waals surface area contributed by atoms with Crippen molar-refractivity contribution >= 4 is 0 Å². The molecule has 1 aromatic carbocycles. The molecule has 1 N–H and O–H groups in total. The zero-order valence-corrected chi connectivity index (χ0v) is 11.4. The lowest BCUT2D eigenvalue weighted by atomic mass is 9.78. The Morgan fingerprint density at radius 3 is 2.71 bits per heavy atom. The lowest BCUT2D eigenvalue weighted by Crippen LogP contribution is -2.40. The average Bonchev–Trinajstić information content (AvgIpc) is 2.33. The van der Waals surface area contributed by atoms with E-state index in [1.54, 1.807) is 0 Å². The Bertz CT molecular complexity index is 358. The van der Waals surface area contributed by atoms with Crippen LogP contribution >= 0.6 is 0 Å². The highest BCUT2D eigenvalue weighted by atomic mass is 14.9. The summed E-state index contributed by atoms with van der Waals surface area (Å²) < 4.78 is 0. The van der Waals surface area contributed by atoms with Crippen molar-refractivity contribution in [3.05, 3.63) is 35.4 Å². The molecule has 1 fully saturated rings. The van der Waals surface area contributed by atoms with E-state index in [4.69, 9.17) is 0 Å². The third kappa shape index (κ3) is 3.10. The molecule has 1 aliphatic rings. The summed E-state index contributed by atoms with van der Waals surface area (Å²) in [4.78, 5) is 0. The third-order valence-electron chi connectivity index (χ3n) is 4.52. The van der Waals surface area contributed by atoms with Crippen LogP contribution in [0.3, 0.4) is 0 Å². The number of hydrogen-bond donors (Lipinski definition) is 1. The molecule has 1 saturated carbocycles. The first kappa shape index (κ1) is 12.6. The number of nitrogens with one attached hydrogen (secondary N) is 1. The fourth-order valence-corrected chi connectivity index (χ4v) is 2.92. The zero-order valence-electron chi connectivity index (χ0n) is 11.4. The Balaban J connectivity index is 1.92. The number of aryl methyl sites for hydroxylation is 1. The first-order valence-electron chi connectivity index (χ1n) is 6.96. The average molecular weight is 231 g/mol. The highest BCUT2D eigenvalue weighted by molar-refractivity contribution is 5.25. The van der Waals surface area contributed by atoms with Crippen LogP contribution in [0.4, 0.5) is 0 Å². The molecule has 0 saturated heterocycles. The van der Waals surface area contributed by atoms with E-state index in [0.29, 0.717) is 6.04 Å². The van der Waals surface area contributed by atoms with Crippen LogP contribution in [0.1, 0.15) is 44.2 Å². The second-order valence-electron chi connectivity index (χ2n) is 5.68. The molecule has 0 heterocycles. The minimum absolute atomic E-state index is 0.707. The van der Waals surface area contributed by atoms with Crippen LogP contribution in [0.25, 0.3) is 0 Å². The lowest BCUT2D eigenvalue weighted by molar-refractivity contribution is 0.206. The standard InChI is InChI=1S/C16H25N/c1-12-8-6-10-16(14(12)3)17-11-15-9-5-4-7-13(15)2/h4-5,7,9,12,14,16-17H,6,8,10-11H2,1-3H3. The van der Waals surface area contributed by atoms with E-state index in [1.165, 1.54) is 30.4 Å². The number of hydrogen-bond acceptors (Lipinski definition) is 1. The Hall–Kier alpha value is -0.820.